The Hall–Kier alpha value is -4.59. The third-order valence-corrected chi connectivity index (χ3v) is 9.58. The van der Waals surface area contributed by atoms with E-state index in [-0.39, 0.29) is 36.5 Å². The van der Waals surface area contributed by atoms with E-state index in [0.29, 0.717) is 19.3 Å². The van der Waals surface area contributed by atoms with Crippen LogP contribution in [-0.4, -0.2) is 86.7 Å². The fourth-order valence-electron chi connectivity index (χ4n) is 6.21. The molecule has 13 heteroatoms. The Morgan fingerprint density at radius 1 is 1.08 bits per heavy atom. The van der Waals surface area contributed by atoms with Crippen LogP contribution < -0.4 is 16.1 Å². The smallest absolute Gasteiger partial charge is 0.325 e. The van der Waals surface area contributed by atoms with Crippen molar-refractivity contribution in [2.24, 2.45) is 17.8 Å². The molecule has 1 aromatic rings. The molecule has 0 aromatic heterocycles. The fourth-order valence-corrected chi connectivity index (χ4v) is 6.21. The summed E-state index contributed by atoms with van der Waals surface area (Å²) in [5.41, 5.74) is 4.03. The Bertz CT molecular complexity index is 1570. The van der Waals surface area contributed by atoms with E-state index in [2.05, 4.69) is 16.1 Å². The van der Waals surface area contributed by atoms with Crippen LogP contribution in [0.3, 0.4) is 0 Å². The Kier molecular flexibility index (Phi) is 16.6. The number of carbonyl (C=O) groups excluding carboxylic acids is 5. The van der Waals surface area contributed by atoms with Gasteiger partial charge in [-0.05, 0) is 69.2 Å². The second-order valence-corrected chi connectivity index (χ2v) is 14.2. The van der Waals surface area contributed by atoms with Crippen molar-refractivity contribution in [3.63, 3.8) is 0 Å². The Morgan fingerprint density at radius 3 is 2.47 bits per heavy atom. The molecule has 1 aromatic carbocycles. The van der Waals surface area contributed by atoms with Gasteiger partial charge in [-0.3, -0.25) is 24.2 Å². The standard InChI is InChI=1S/C40H56N4O9/c1-7-8-14-25(4)33-19-11-9-10-18-32(47)27(6)36(48)30(21-20-26(5)45)37(49)41-34(24(2)3)38(50)42-35(28-15-12-16-29(46)23-28)39(51)44-22-13-17-31(43-44)40(52)53-33/h7-12,14-16,18,23-24,27,30-36,43,46-48H,13,17,19-22H2,1-6H3,(H,41,49)(H,42,50)/b8-7+,11-9+,18-10+,25-14+/t27-,30+,31?,32-,33-,34-,35?,36+/m0/s1. The SMILES string of the molecule is C/C=C/C=C(\C)[C@@H]1C/C=C/C=C/[C@H](O)[C@H](C)[C@@H](O)[C@@H](CCC(C)=O)C(=O)N[C@@H](C(C)C)C(=O)NC(c2cccc(O)c2)C(=O)N2CCCC(N2)C(=O)O1. The molecule has 2 heterocycles. The number of hydrazine groups is 1. The predicted molar refractivity (Wildman–Crippen MR) is 200 cm³/mol. The molecule has 1 saturated heterocycles. The second-order valence-electron chi connectivity index (χ2n) is 14.2. The first-order valence-electron chi connectivity index (χ1n) is 18.3. The maximum atomic E-state index is 14.2. The number of Topliss-reactive ketones (excluding diaryl/α,β-unsaturated/α-hetero) is 1. The molecule has 0 saturated carbocycles. The molecule has 8 atom stereocenters. The summed E-state index contributed by atoms with van der Waals surface area (Å²) in [7, 11) is 0. The van der Waals surface area contributed by atoms with Crippen molar-refractivity contribution < 1.29 is 44.0 Å². The summed E-state index contributed by atoms with van der Waals surface area (Å²) in [5, 5.41) is 39.4. The second kappa shape index (κ2) is 20.6. The third-order valence-electron chi connectivity index (χ3n) is 9.58. The van der Waals surface area contributed by atoms with E-state index in [9.17, 15) is 39.3 Å². The number of esters is 1. The van der Waals surface area contributed by atoms with Gasteiger partial charge >= 0.3 is 5.97 Å². The number of nitrogens with zero attached hydrogens (tertiary/aromatic N) is 1. The molecule has 2 bridgehead atoms. The van der Waals surface area contributed by atoms with Crippen LogP contribution in [0.5, 0.6) is 5.75 Å². The van der Waals surface area contributed by atoms with Gasteiger partial charge in [0.15, 0.2) is 0 Å². The summed E-state index contributed by atoms with van der Waals surface area (Å²) in [6, 6.07) is 2.48. The lowest BCUT2D eigenvalue weighted by atomic mass is 9.84. The zero-order chi connectivity index (χ0) is 39.2. The van der Waals surface area contributed by atoms with Crippen LogP contribution in [0, 0.1) is 17.8 Å². The summed E-state index contributed by atoms with van der Waals surface area (Å²) in [6.45, 7) is 10.3. The van der Waals surface area contributed by atoms with Crippen LogP contribution in [0.25, 0.3) is 0 Å². The van der Waals surface area contributed by atoms with Crippen molar-refractivity contribution in [1.29, 1.82) is 0 Å². The molecule has 3 rings (SSSR count). The third kappa shape index (κ3) is 12.5. The molecule has 2 aliphatic rings. The molecule has 13 nitrogen and oxygen atoms in total. The number of phenols is 1. The average molecular weight is 737 g/mol. The average Bonchev–Trinajstić information content (AvgIpc) is 3.12. The first-order valence-corrected chi connectivity index (χ1v) is 18.3. The van der Waals surface area contributed by atoms with Crippen molar-refractivity contribution in [2.75, 3.05) is 6.54 Å². The zero-order valence-corrected chi connectivity index (χ0v) is 31.5. The summed E-state index contributed by atoms with van der Waals surface area (Å²) in [4.78, 5) is 67.6. The number of aliphatic hydroxyl groups excluding tert-OH is 2. The first kappa shape index (κ1) is 42.8. The van der Waals surface area contributed by atoms with Gasteiger partial charge in [0.1, 0.15) is 35.8 Å². The van der Waals surface area contributed by atoms with E-state index >= 15 is 0 Å². The van der Waals surface area contributed by atoms with Crippen molar-refractivity contribution >= 4 is 29.5 Å². The van der Waals surface area contributed by atoms with Gasteiger partial charge in [0.2, 0.25) is 11.8 Å². The molecule has 290 valence electrons. The van der Waals surface area contributed by atoms with Gasteiger partial charge in [-0.1, -0.05) is 75.4 Å². The number of fused-ring (bicyclic) bond motifs is 2. The molecular formula is C40H56N4O9. The first-order chi connectivity index (χ1) is 25.1. The van der Waals surface area contributed by atoms with Crippen LogP contribution in [-0.2, 0) is 28.7 Å². The van der Waals surface area contributed by atoms with Crippen LogP contribution in [0.2, 0.25) is 0 Å². The van der Waals surface area contributed by atoms with Crippen molar-refractivity contribution in [1.82, 2.24) is 21.1 Å². The molecule has 2 aliphatic heterocycles. The van der Waals surface area contributed by atoms with Crippen molar-refractivity contribution in [3.05, 3.63) is 77.9 Å². The number of ketones is 1. The summed E-state index contributed by atoms with van der Waals surface area (Å²) < 4.78 is 5.97. The van der Waals surface area contributed by atoms with Crippen LogP contribution in [0.4, 0.5) is 0 Å². The lowest BCUT2D eigenvalue weighted by Gasteiger charge is -2.36. The molecule has 2 unspecified atom stereocenters. The van der Waals surface area contributed by atoms with E-state index in [1.54, 1.807) is 45.1 Å². The number of nitrogens with one attached hydrogen (secondary N) is 3. The lowest BCUT2D eigenvalue weighted by Crippen LogP contribution is -2.59. The highest BCUT2D eigenvalue weighted by molar-refractivity contribution is 5.93. The molecular weight excluding hydrogens is 680 g/mol. The van der Waals surface area contributed by atoms with Gasteiger partial charge in [0.05, 0.1) is 18.1 Å². The quantitative estimate of drug-likeness (QED) is 0.178. The normalized spacial score (nSPS) is 30.1. The number of hydrogen-bond acceptors (Lipinski definition) is 10. The highest BCUT2D eigenvalue weighted by atomic mass is 16.5. The Balaban J connectivity index is 2.09. The van der Waals surface area contributed by atoms with E-state index in [1.807, 2.05) is 32.1 Å². The zero-order valence-electron chi connectivity index (χ0n) is 31.5. The van der Waals surface area contributed by atoms with Crippen molar-refractivity contribution in [3.8, 4) is 5.75 Å². The lowest BCUT2D eigenvalue weighted by molar-refractivity contribution is -0.156. The van der Waals surface area contributed by atoms with Crippen molar-refractivity contribution in [2.45, 2.75) is 110 Å². The number of hydrogen-bond donors (Lipinski definition) is 6. The number of aliphatic hydroxyl groups is 2. The highest BCUT2D eigenvalue weighted by Crippen LogP contribution is 2.26. The minimum atomic E-state index is -1.39. The minimum absolute atomic E-state index is 0.0133. The molecule has 3 amide bonds. The molecule has 6 N–H and O–H groups in total. The molecule has 0 aliphatic carbocycles. The number of rotatable bonds is 7. The topological polar surface area (TPSA) is 195 Å². The van der Waals surface area contributed by atoms with Gasteiger partial charge in [-0.15, -0.1) is 0 Å². The van der Waals surface area contributed by atoms with Gasteiger partial charge in [-0.2, -0.15) is 0 Å². The molecule has 0 radical (unpaired) electrons. The number of allylic oxidation sites excluding steroid dienone is 5. The molecule has 1 fully saturated rings. The van der Waals surface area contributed by atoms with Gasteiger partial charge in [-0.25, -0.2) is 5.43 Å². The van der Waals surface area contributed by atoms with Gasteiger partial charge < -0.3 is 35.5 Å². The summed E-state index contributed by atoms with van der Waals surface area (Å²) in [5.74, 6) is -5.39. The van der Waals surface area contributed by atoms with Gasteiger partial charge in [0.25, 0.3) is 5.91 Å². The van der Waals surface area contributed by atoms with E-state index in [4.69, 9.17) is 4.74 Å². The number of aromatic hydroxyl groups is 1. The molecule has 53 heavy (non-hydrogen) atoms. The Morgan fingerprint density at radius 2 is 1.81 bits per heavy atom. The number of cyclic esters (lactones) is 1. The highest BCUT2D eigenvalue weighted by Gasteiger charge is 2.39. The monoisotopic (exact) mass is 736 g/mol. The number of carbonyl (C=O) groups is 5. The Labute approximate surface area is 312 Å². The number of benzene rings is 1. The maximum absolute atomic E-state index is 14.2. The van der Waals surface area contributed by atoms with Crippen LogP contribution in [0.15, 0.2) is 72.4 Å². The number of phenolic OH excluding ortho intramolecular Hbond substituents is 1. The van der Waals surface area contributed by atoms with E-state index < -0.39 is 77.9 Å². The van der Waals surface area contributed by atoms with Gasteiger partial charge in [0, 0.05) is 25.3 Å². The van der Waals surface area contributed by atoms with E-state index in [0.717, 1.165) is 5.57 Å². The molecule has 0 spiro atoms. The fraction of sp³-hybridized carbons (Fsp3) is 0.525. The summed E-state index contributed by atoms with van der Waals surface area (Å²) in [6.07, 6.45) is 9.96. The number of amides is 3. The predicted octanol–water partition coefficient (Wildman–Crippen LogP) is 3.48. The summed E-state index contributed by atoms with van der Waals surface area (Å²) >= 11 is 0. The maximum Gasteiger partial charge on any atom is 0.325 e. The number of ether oxygens (including phenoxy) is 1. The van der Waals surface area contributed by atoms with Crippen LogP contribution >= 0.6 is 0 Å². The van der Waals surface area contributed by atoms with Crippen LogP contribution in [0.1, 0.15) is 85.3 Å². The largest absolute Gasteiger partial charge is 0.508 e. The minimum Gasteiger partial charge on any atom is -0.508 e. The van der Waals surface area contributed by atoms with E-state index in [1.165, 1.54) is 36.2 Å².